The van der Waals surface area contributed by atoms with Gasteiger partial charge in [-0.1, -0.05) is 38.5 Å². The second-order valence-electron chi connectivity index (χ2n) is 5.80. The molecule has 0 radical (unpaired) electrons. The summed E-state index contributed by atoms with van der Waals surface area (Å²) >= 11 is 0. The SMILES string of the molecule is CC1(C)CCCC(NC(=O)c2ccccc2)C1. The van der Waals surface area contributed by atoms with Crippen molar-refractivity contribution < 1.29 is 4.79 Å². The Hall–Kier alpha value is -1.31. The van der Waals surface area contributed by atoms with E-state index >= 15 is 0 Å². The van der Waals surface area contributed by atoms with Gasteiger partial charge in [0.05, 0.1) is 0 Å². The molecule has 1 aromatic rings. The van der Waals surface area contributed by atoms with Crippen LogP contribution in [0.4, 0.5) is 0 Å². The fourth-order valence-electron chi connectivity index (χ4n) is 2.68. The van der Waals surface area contributed by atoms with Gasteiger partial charge in [-0.05, 0) is 36.8 Å². The maximum Gasteiger partial charge on any atom is 0.251 e. The van der Waals surface area contributed by atoms with Crippen LogP contribution in [0, 0.1) is 5.41 Å². The molecule has 1 N–H and O–H groups in total. The molecular formula is C15H21NO. The zero-order valence-electron chi connectivity index (χ0n) is 10.7. The summed E-state index contributed by atoms with van der Waals surface area (Å²) in [5.41, 5.74) is 1.13. The Kier molecular flexibility index (Phi) is 3.51. The van der Waals surface area contributed by atoms with Crippen LogP contribution in [0.1, 0.15) is 49.9 Å². The molecule has 1 aliphatic carbocycles. The second kappa shape index (κ2) is 4.91. The predicted octanol–water partition coefficient (Wildman–Crippen LogP) is 3.39. The van der Waals surface area contributed by atoms with Crippen LogP contribution in [0.2, 0.25) is 0 Å². The van der Waals surface area contributed by atoms with Gasteiger partial charge < -0.3 is 5.32 Å². The number of rotatable bonds is 2. The molecule has 17 heavy (non-hydrogen) atoms. The van der Waals surface area contributed by atoms with Gasteiger partial charge in [0.2, 0.25) is 0 Å². The molecule has 92 valence electrons. The van der Waals surface area contributed by atoms with Gasteiger partial charge >= 0.3 is 0 Å². The van der Waals surface area contributed by atoms with Crippen LogP contribution in [0.3, 0.4) is 0 Å². The molecule has 0 aromatic heterocycles. The monoisotopic (exact) mass is 231 g/mol. The summed E-state index contributed by atoms with van der Waals surface area (Å²) in [4.78, 5) is 12.0. The van der Waals surface area contributed by atoms with E-state index in [-0.39, 0.29) is 5.91 Å². The molecule has 0 bridgehead atoms. The standard InChI is InChI=1S/C15H21NO/c1-15(2)10-6-9-13(11-15)16-14(17)12-7-4-3-5-8-12/h3-5,7-8,13H,6,9-11H2,1-2H3,(H,16,17). The molecule has 0 aliphatic heterocycles. The lowest BCUT2D eigenvalue weighted by Crippen LogP contribution is -2.40. The lowest BCUT2D eigenvalue weighted by molar-refractivity contribution is 0.0902. The maximum absolute atomic E-state index is 12.0. The summed E-state index contributed by atoms with van der Waals surface area (Å²) < 4.78 is 0. The maximum atomic E-state index is 12.0. The molecule has 1 fully saturated rings. The molecular weight excluding hydrogens is 210 g/mol. The van der Waals surface area contributed by atoms with E-state index in [9.17, 15) is 4.79 Å². The van der Waals surface area contributed by atoms with Crippen molar-refractivity contribution in [2.45, 2.75) is 45.6 Å². The highest BCUT2D eigenvalue weighted by Crippen LogP contribution is 2.35. The molecule has 0 heterocycles. The summed E-state index contributed by atoms with van der Waals surface area (Å²) in [6.45, 7) is 4.57. The Bertz CT molecular complexity index is 383. The molecule has 2 rings (SSSR count). The van der Waals surface area contributed by atoms with Crippen LogP contribution in [0.25, 0.3) is 0 Å². The minimum Gasteiger partial charge on any atom is -0.349 e. The fraction of sp³-hybridized carbons (Fsp3) is 0.533. The third-order valence-corrected chi connectivity index (χ3v) is 3.58. The number of hydrogen-bond donors (Lipinski definition) is 1. The fourth-order valence-corrected chi connectivity index (χ4v) is 2.68. The van der Waals surface area contributed by atoms with Crippen molar-refractivity contribution in [3.05, 3.63) is 35.9 Å². The highest BCUT2D eigenvalue weighted by atomic mass is 16.1. The van der Waals surface area contributed by atoms with Gasteiger partial charge in [0.1, 0.15) is 0 Å². The van der Waals surface area contributed by atoms with Gasteiger partial charge in [-0.3, -0.25) is 4.79 Å². The molecule has 2 heteroatoms. The number of carbonyl (C=O) groups excluding carboxylic acids is 1. The third-order valence-electron chi connectivity index (χ3n) is 3.58. The predicted molar refractivity (Wildman–Crippen MR) is 69.9 cm³/mol. The number of hydrogen-bond acceptors (Lipinski definition) is 1. The zero-order valence-corrected chi connectivity index (χ0v) is 10.7. The van der Waals surface area contributed by atoms with Gasteiger partial charge in [0.15, 0.2) is 0 Å². The summed E-state index contributed by atoms with van der Waals surface area (Å²) in [5, 5.41) is 3.15. The Balaban J connectivity index is 1.95. The minimum absolute atomic E-state index is 0.0632. The molecule has 1 atom stereocenters. The van der Waals surface area contributed by atoms with E-state index in [1.165, 1.54) is 12.8 Å². The largest absolute Gasteiger partial charge is 0.349 e. The lowest BCUT2D eigenvalue weighted by Gasteiger charge is -2.35. The van der Waals surface area contributed by atoms with Crippen molar-refractivity contribution in [1.29, 1.82) is 0 Å². The van der Waals surface area contributed by atoms with E-state index in [1.54, 1.807) is 0 Å². The van der Waals surface area contributed by atoms with E-state index in [2.05, 4.69) is 19.2 Å². The Labute approximate surface area is 103 Å². The normalized spacial score (nSPS) is 23.1. The third kappa shape index (κ3) is 3.32. The van der Waals surface area contributed by atoms with Crippen LogP contribution in [-0.2, 0) is 0 Å². The first-order chi connectivity index (χ1) is 8.07. The minimum atomic E-state index is 0.0632. The lowest BCUT2D eigenvalue weighted by atomic mass is 9.75. The van der Waals surface area contributed by atoms with Crippen molar-refractivity contribution in [2.75, 3.05) is 0 Å². The van der Waals surface area contributed by atoms with E-state index in [0.717, 1.165) is 18.4 Å². The summed E-state index contributed by atoms with van der Waals surface area (Å²) in [5.74, 6) is 0.0632. The highest BCUT2D eigenvalue weighted by Gasteiger charge is 2.28. The molecule has 2 nitrogen and oxygen atoms in total. The molecule has 1 aliphatic rings. The smallest absolute Gasteiger partial charge is 0.251 e. The average molecular weight is 231 g/mol. The Morgan fingerprint density at radius 1 is 1.29 bits per heavy atom. The molecule has 0 saturated heterocycles. The molecule has 1 unspecified atom stereocenters. The van der Waals surface area contributed by atoms with Crippen LogP contribution in [0.5, 0.6) is 0 Å². The van der Waals surface area contributed by atoms with Crippen LogP contribution >= 0.6 is 0 Å². The van der Waals surface area contributed by atoms with Crippen molar-refractivity contribution >= 4 is 5.91 Å². The van der Waals surface area contributed by atoms with E-state index in [1.807, 2.05) is 30.3 Å². The molecule has 1 aromatic carbocycles. The number of amides is 1. The van der Waals surface area contributed by atoms with E-state index in [0.29, 0.717) is 11.5 Å². The summed E-state index contributed by atoms with van der Waals surface area (Å²) in [6.07, 6.45) is 4.69. The summed E-state index contributed by atoms with van der Waals surface area (Å²) in [6, 6.07) is 9.80. The average Bonchev–Trinajstić information content (AvgIpc) is 2.29. The van der Waals surface area contributed by atoms with E-state index in [4.69, 9.17) is 0 Å². The molecule has 0 spiro atoms. The zero-order chi connectivity index (χ0) is 12.3. The van der Waals surface area contributed by atoms with Gasteiger partial charge in [0.25, 0.3) is 5.91 Å². The number of nitrogens with one attached hydrogen (secondary N) is 1. The van der Waals surface area contributed by atoms with Crippen molar-refractivity contribution in [1.82, 2.24) is 5.32 Å². The molecule has 1 amide bonds. The quantitative estimate of drug-likeness (QED) is 0.830. The van der Waals surface area contributed by atoms with Crippen molar-refractivity contribution in [3.8, 4) is 0 Å². The number of carbonyl (C=O) groups is 1. The van der Waals surface area contributed by atoms with Crippen molar-refractivity contribution in [2.24, 2.45) is 5.41 Å². The van der Waals surface area contributed by atoms with Crippen molar-refractivity contribution in [3.63, 3.8) is 0 Å². The number of benzene rings is 1. The van der Waals surface area contributed by atoms with Crippen LogP contribution in [0.15, 0.2) is 30.3 Å². The topological polar surface area (TPSA) is 29.1 Å². The first-order valence-corrected chi connectivity index (χ1v) is 6.43. The summed E-state index contributed by atoms with van der Waals surface area (Å²) in [7, 11) is 0. The first kappa shape index (κ1) is 12.2. The van der Waals surface area contributed by atoms with Gasteiger partial charge in [-0.15, -0.1) is 0 Å². The Morgan fingerprint density at radius 2 is 2.00 bits per heavy atom. The highest BCUT2D eigenvalue weighted by molar-refractivity contribution is 5.94. The second-order valence-corrected chi connectivity index (χ2v) is 5.80. The first-order valence-electron chi connectivity index (χ1n) is 6.43. The van der Waals surface area contributed by atoms with Gasteiger partial charge in [-0.25, -0.2) is 0 Å². The Morgan fingerprint density at radius 3 is 2.65 bits per heavy atom. The van der Waals surface area contributed by atoms with Gasteiger partial charge in [-0.2, -0.15) is 0 Å². The van der Waals surface area contributed by atoms with E-state index < -0.39 is 0 Å². The van der Waals surface area contributed by atoms with Gasteiger partial charge in [0, 0.05) is 11.6 Å². The van der Waals surface area contributed by atoms with Crippen LogP contribution in [-0.4, -0.2) is 11.9 Å². The molecule has 1 saturated carbocycles. The van der Waals surface area contributed by atoms with Crippen LogP contribution < -0.4 is 5.32 Å².